The summed E-state index contributed by atoms with van der Waals surface area (Å²) in [6.45, 7) is 4.12. The molecule has 0 amide bonds. The van der Waals surface area contributed by atoms with Gasteiger partial charge in [-0.2, -0.15) is 0 Å². The van der Waals surface area contributed by atoms with Crippen molar-refractivity contribution in [3.63, 3.8) is 0 Å². The van der Waals surface area contributed by atoms with Gasteiger partial charge in [-0.1, -0.05) is 67.8 Å². The zero-order valence-electron chi connectivity index (χ0n) is 20.9. The van der Waals surface area contributed by atoms with Crippen molar-refractivity contribution in [2.45, 2.75) is 63.2 Å². The maximum Gasteiger partial charge on any atom is 0.231 e. The molecule has 5 nitrogen and oxygen atoms in total. The van der Waals surface area contributed by atoms with E-state index in [1.807, 2.05) is 54.7 Å². The Labute approximate surface area is 224 Å². The number of aromatic nitrogens is 1. The van der Waals surface area contributed by atoms with Gasteiger partial charge in [0.2, 0.25) is 5.89 Å². The molecule has 0 radical (unpaired) electrons. The van der Waals surface area contributed by atoms with Crippen molar-refractivity contribution in [1.82, 2.24) is 4.98 Å². The molecule has 192 valence electrons. The van der Waals surface area contributed by atoms with Crippen molar-refractivity contribution in [1.29, 1.82) is 0 Å². The minimum atomic E-state index is -1.17. The second-order valence-electron chi connectivity index (χ2n) is 11.0. The smallest absolute Gasteiger partial charge is 0.231 e. The third kappa shape index (κ3) is 4.88. The predicted molar refractivity (Wildman–Crippen MR) is 135 cm³/mol. The molecule has 6 heteroatoms. The summed E-state index contributed by atoms with van der Waals surface area (Å²) >= 11 is 0. The molecule has 2 atom stereocenters. The van der Waals surface area contributed by atoms with Gasteiger partial charge < -0.3 is 35.7 Å². The van der Waals surface area contributed by atoms with Crippen LogP contribution in [0.3, 0.4) is 0 Å². The van der Waals surface area contributed by atoms with Gasteiger partial charge in [-0.3, -0.25) is 0 Å². The van der Waals surface area contributed by atoms with Crippen molar-refractivity contribution in [3.05, 3.63) is 84.1 Å². The fourth-order valence-electron chi connectivity index (χ4n) is 6.88. The van der Waals surface area contributed by atoms with E-state index in [2.05, 4.69) is 12.1 Å². The number of piperidine rings is 3. The van der Waals surface area contributed by atoms with Crippen LogP contribution < -0.4 is 21.7 Å². The fraction of sp³-hybridized carbons (Fsp3) is 0.500. The average molecular weight is 554 g/mol. The first-order valence-electron chi connectivity index (χ1n) is 13.4. The summed E-state index contributed by atoms with van der Waals surface area (Å²) < 4.78 is 13.9. The lowest BCUT2D eigenvalue weighted by Crippen LogP contribution is -3.00. The zero-order chi connectivity index (χ0) is 23.7. The van der Waals surface area contributed by atoms with Crippen molar-refractivity contribution in [2.75, 3.05) is 19.6 Å². The maximum atomic E-state index is 12.2. The van der Waals surface area contributed by atoms with Gasteiger partial charge in [0, 0.05) is 24.7 Å². The first-order valence-corrected chi connectivity index (χ1v) is 13.4. The highest BCUT2D eigenvalue weighted by Gasteiger charge is 2.49. The van der Waals surface area contributed by atoms with Crippen LogP contribution in [-0.4, -0.2) is 40.3 Å². The molecule has 4 fully saturated rings. The van der Waals surface area contributed by atoms with Crippen LogP contribution in [-0.2, 0) is 12.1 Å². The summed E-state index contributed by atoms with van der Waals surface area (Å²) in [5.41, 5.74) is -0.282. The van der Waals surface area contributed by atoms with E-state index in [0.717, 1.165) is 73.4 Å². The molecule has 4 heterocycles. The Morgan fingerprint density at radius 3 is 2.28 bits per heavy atom. The maximum absolute atomic E-state index is 12.2. The van der Waals surface area contributed by atoms with E-state index in [0.29, 0.717) is 11.8 Å². The quantitative estimate of drug-likeness (QED) is 0.458. The zero-order valence-corrected chi connectivity index (χ0v) is 22.5. The molecule has 3 saturated heterocycles. The van der Waals surface area contributed by atoms with E-state index in [-0.39, 0.29) is 29.0 Å². The lowest BCUT2D eigenvalue weighted by molar-refractivity contribution is -0.958. The van der Waals surface area contributed by atoms with Crippen LogP contribution in [0.5, 0.6) is 5.75 Å². The molecule has 36 heavy (non-hydrogen) atoms. The molecule has 2 bridgehead atoms. The molecule has 1 aromatic heterocycles. The van der Waals surface area contributed by atoms with Crippen LogP contribution in [0.1, 0.15) is 62.2 Å². The molecule has 0 spiro atoms. The van der Waals surface area contributed by atoms with E-state index < -0.39 is 5.60 Å². The molecular formula is C30H37BrN2O3. The molecule has 3 aromatic rings. The van der Waals surface area contributed by atoms with E-state index >= 15 is 0 Å². The summed E-state index contributed by atoms with van der Waals surface area (Å²) in [5.74, 6) is 3.07. The number of oxazole rings is 1. The lowest BCUT2D eigenvalue weighted by Gasteiger charge is -2.51. The molecule has 1 aliphatic carbocycles. The number of ether oxygens (including phenoxy) is 1. The van der Waals surface area contributed by atoms with Gasteiger partial charge in [-0.05, 0) is 30.5 Å². The number of quaternary nitrogens is 1. The molecular weight excluding hydrogens is 516 g/mol. The third-order valence-corrected chi connectivity index (χ3v) is 8.85. The second kappa shape index (κ2) is 10.7. The van der Waals surface area contributed by atoms with Crippen LogP contribution in [0.2, 0.25) is 0 Å². The fourth-order valence-corrected chi connectivity index (χ4v) is 6.88. The molecule has 2 unspecified atom stereocenters. The van der Waals surface area contributed by atoms with Crippen LogP contribution in [0.4, 0.5) is 0 Å². The lowest BCUT2D eigenvalue weighted by atomic mass is 9.73. The van der Waals surface area contributed by atoms with E-state index in [1.54, 1.807) is 0 Å². The van der Waals surface area contributed by atoms with Crippen LogP contribution in [0.25, 0.3) is 0 Å². The summed E-state index contributed by atoms with van der Waals surface area (Å²) in [7, 11) is 0. The standard InChI is InChI=1S/C30H37N2O3.BrH/c33-30(24-10-4-1-5-11-24,25-12-6-2-7-13-25)29-31-20-27(35-29)21-32-18-16-23(17-19-32)28(22-32)34-26-14-8-3-9-15-26;/h1,3-5,8-11,14-15,20,23,25,28,33H,2,6-7,12-13,16-19,21-22H2;1H/q+1;/p-1. The highest BCUT2D eigenvalue weighted by molar-refractivity contribution is 5.30. The minimum absolute atomic E-state index is 0. The van der Waals surface area contributed by atoms with Crippen molar-refractivity contribution in [2.24, 2.45) is 11.8 Å². The Kier molecular flexibility index (Phi) is 7.57. The summed E-state index contributed by atoms with van der Waals surface area (Å²) in [6.07, 6.45) is 10.0. The van der Waals surface area contributed by atoms with E-state index in [1.165, 1.54) is 19.3 Å². The van der Waals surface area contributed by atoms with Crippen LogP contribution in [0, 0.1) is 11.8 Å². The minimum Gasteiger partial charge on any atom is -1.00 e. The number of hydrogen-bond donors (Lipinski definition) is 1. The molecule has 3 aliphatic heterocycles. The van der Waals surface area contributed by atoms with E-state index in [9.17, 15) is 5.11 Å². The molecule has 1 saturated carbocycles. The average Bonchev–Trinajstić information content (AvgIpc) is 3.39. The first kappa shape index (κ1) is 25.5. The van der Waals surface area contributed by atoms with Gasteiger partial charge in [0.1, 0.15) is 18.8 Å². The number of rotatable bonds is 7. The number of fused-ring (bicyclic) bond motifs is 3. The van der Waals surface area contributed by atoms with Gasteiger partial charge in [0.15, 0.2) is 17.5 Å². The van der Waals surface area contributed by atoms with Gasteiger partial charge in [0.05, 0.1) is 19.3 Å². The van der Waals surface area contributed by atoms with Gasteiger partial charge in [0.25, 0.3) is 0 Å². The predicted octanol–water partition coefficient (Wildman–Crippen LogP) is 2.68. The normalized spacial score (nSPS) is 27.7. The Morgan fingerprint density at radius 1 is 0.917 bits per heavy atom. The SMILES string of the molecule is OC(c1ccccc1)(c1ncc(C[N+]23CCC(CC2)C(Oc2ccccc2)C3)o1)C1CCCCC1.[Br-]. The summed E-state index contributed by atoms with van der Waals surface area (Å²) in [4.78, 5) is 4.71. The van der Waals surface area contributed by atoms with Crippen molar-refractivity contribution < 1.29 is 35.7 Å². The van der Waals surface area contributed by atoms with Gasteiger partial charge >= 0.3 is 0 Å². The molecule has 2 aromatic carbocycles. The van der Waals surface area contributed by atoms with Gasteiger partial charge in [-0.15, -0.1) is 0 Å². The highest BCUT2D eigenvalue weighted by atomic mass is 79.9. The molecule has 4 aliphatic rings. The van der Waals surface area contributed by atoms with Crippen LogP contribution in [0.15, 0.2) is 71.3 Å². The monoisotopic (exact) mass is 552 g/mol. The van der Waals surface area contributed by atoms with E-state index in [4.69, 9.17) is 14.1 Å². The number of aliphatic hydroxyl groups is 1. The summed E-state index contributed by atoms with van der Waals surface area (Å²) in [5, 5.41) is 12.2. The van der Waals surface area contributed by atoms with Crippen molar-refractivity contribution in [3.8, 4) is 5.75 Å². The van der Waals surface area contributed by atoms with Gasteiger partial charge in [-0.25, -0.2) is 4.98 Å². The Morgan fingerprint density at radius 2 is 1.58 bits per heavy atom. The van der Waals surface area contributed by atoms with Crippen molar-refractivity contribution >= 4 is 0 Å². The van der Waals surface area contributed by atoms with Crippen LogP contribution >= 0.6 is 0 Å². The third-order valence-electron chi connectivity index (χ3n) is 8.85. The molecule has 7 rings (SSSR count). The first-order chi connectivity index (χ1) is 17.1. The number of hydrogen-bond acceptors (Lipinski definition) is 4. The Bertz CT molecular complexity index is 1110. The second-order valence-corrected chi connectivity index (χ2v) is 11.0. The Hall–Kier alpha value is -2.15. The number of nitrogens with zero attached hydrogens (tertiary/aromatic N) is 2. The number of benzene rings is 2. The summed E-state index contributed by atoms with van der Waals surface area (Å²) in [6, 6.07) is 20.2. The highest BCUT2D eigenvalue weighted by Crippen LogP contribution is 2.44. The topological polar surface area (TPSA) is 55.5 Å². The molecule has 1 N–H and O–H groups in total. The number of para-hydroxylation sites is 1. The number of halogens is 1. The Balaban J connectivity index is 0.00000267. The largest absolute Gasteiger partial charge is 1.00 e.